The van der Waals surface area contributed by atoms with Crippen LogP contribution in [0.1, 0.15) is 26.3 Å². The standard InChI is InChI=1S/C23H24FNO/c1-6-7-11-17(2)19(4)22(20(5)24)15-14-18(3)23(26)25-16-21-12-9-8-10-13-21/h1,7-15H,5,16H2,2-4H3,(H,25,26)/b11-7-,18-14+,19-17+,22-15-. The van der Waals surface area contributed by atoms with Gasteiger partial charge in [0.05, 0.1) is 0 Å². The molecule has 0 aliphatic heterocycles. The van der Waals surface area contributed by atoms with E-state index in [4.69, 9.17) is 6.42 Å². The fraction of sp³-hybridized carbons (Fsp3) is 0.174. The van der Waals surface area contributed by atoms with Crippen molar-refractivity contribution in [2.45, 2.75) is 27.3 Å². The molecule has 0 unspecified atom stereocenters. The summed E-state index contributed by atoms with van der Waals surface area (Å²) in [6.45, 7) is 9.11. The minimum atomic E-state index is -0.565. The minimum absolute atomic E-state index is 0.209. The van der Waals surface area contributed by atoms with Crippen LogP contribution in [0.4, 0.5) is 4.39 Å². The Hall–Kier alpha value is -3.12. The van der Waals surface area contributed by atoms with Crippen LogP contribution < -0.4 is 5.32 Å². The number of amides is 1. The van der Waals surface area contributed by atoms with Crippen molar-refractivity contribution in [1.82, 2.24) is 5.32 Å². The van der Waals surface area contributed by atoms with Crippen LogP contribution in [-0.2, 0) is 11.3 Å². The van der Waals surface area contributed by atoms with E-state index in [0.717, 1.165) is 11.1 Å². The van der Waals surface area contributed by atoms with Gasteiger partial charge in [0.1, 0.15) is 5.83 Å². The van der Waals surface area contributed by atoms with Gasteiger partial charge in [0.15, 0.2) is 0 Å². The van der Waals surface area contributed by atoms with Gasteiger partial charge >= 0.3 is 0 Å². The molecular formula is C23H24FNO. The number of carbonyl (C=O) groups excluding carboxylic acids is 1. The highest BCUT2D eigenvalue weighted by Crippen LogP contribution is 2.23. The maximum absolute atomic E-state index is 13.8. The van der Waals surface area contributed by atoms with E-state index in [1.165, 1.54) is 0 Å². The zero-order valence-electron chi connectivity index (χ0n) is 15.5. The lowest BCUT2D eigenvalue weighted by Crippen LogP contribution is -2.23. The van der Waals surface area contributed by atoms with Gasteiger partial charge in [0, 0.05) is 17.7 Å². The summed E-state index contributed by atoms with van der Waals surface area (Å²) in [5, 5.41) is 2.83. The van der Waals surface area contributed by atoms with E-state index in [0.29, 0.717) is 23.3 Å². The van der Waals surface area contributed by atoms with E-state index in [1.54, 1.807) is 38.2 Å². The van der Waals surface area contributed by atoms with Gasteiger partial charge in [-0.15, -0.1) is 6.42 Å². The summed E-state index contributed by atoms with van der Waals surface area (Å²) in [5.74, 6) is 1.63. The topological polar surface area (TPSA) is 29.1 Å². The first-order valence-electron chi connectivity index (χ1n) is 8.22. The van der Waals surface area contributed by atoms with E-state index in [1.807, 2.05) is 37.3 Å². The molecule has 0 bridgehead atoms. The van der Waals surface area contributed by atoms with Gasteiger partial charge in [0.25, 0.3) is 0 Å². The molecule has 1 N–H and O–H groups in total. The molecule has 0 aromatic heterocycles. The van der Waals surface area contributed by atoms with E-state index >= 15 is 0 Å². The second-order valence-electron chi connectivity index (χ2n) is 5.81. The fourth-order valence-corrected chi connectivity index (χ4v) is 2.13. The van der Waals surface area contributed by atoms with Gasteiger partial charge in [-0.05, 0) is 43.6 Å². The third-order valence-corrected chi connectivity index (χ3v) is 3.87. The summed E-state index contributed by atoms with van der Waals surface area (Å²) in [6.07, 6.45) is 11.6. The van der Waals surface area contributed by atoms with Crippen LogP contribution in [0, 0.1) is 12.3 Å². The molecule has 26 heavy (non-hydrogen) atoms. The number of terminal acetylenes is 1. The van der Waals surface area contributed by atoms with Crippen LogP contribution in [0.15, 0.2) is 89.3 Å². The highest BCUT2D eigenvalue weighted by atomic mass is 19.1. The zero-order chi connectivity index (χ0) is 19.5. The number of carbonyl (C=O) groups is 1. The quantitative estimate of drug-likeness (QED) is 0.410. The Morgan fingerprint density at radius 1 is 1.23 bits per heavy atom. The highest BCUT2D eigenvalue weighted by molar-refractivity contribution is 5.93. The first-order valence-corrected chi connectivity index (χ1v) is 8.22. The van der Waals surface area contributed by atoms with E-state index in [-0.39, 0.29) is 5.91 Å². The number of hydrogen-bond donors (Lipinski definition) is 1. The lowest BCUT2D eigenvalue weighted by molar-refractivity contribution is -0.117. The molecule has 0 saturated heterocycles. The predicted octanol–water partition coefficient (Wildman–Crippen LogP) is 5.18. The van der Waals surface area contributed by atoms with Crippen LogP contribution in [0.2, 0.25) is 0 Å². The summed E-state index contributed by atoms with van der Waals surface area (Å²) < 4.78 is 13.8. The molecule has 0 radical (unpaired) electrons. The van der Waals surface area contributed by atoms with Crippen molar-refractivity contribution in [3.63, 3.8) is 0 Å². The molecule has 2 nitrogen and oxygen atoms in total. The molecule has 3 heteroatoms. The van der Waals surface area contributed by atoms with Gasteiger partial charge in [0.2, 0.25) is 5.91 Å². The van der Waals surface area contributed by atoms with Gasteiger partial charge < -0.3 is 5.32 Å². The molecule has 0 aliphatic carbocycles. The molecule has 0 saturated carbocycles. The number of rotatable bonds is 7. The third kappa shape index (κ3) is 6.78. The first-order chi connectivity index (χ1) is 12.4. The Balaban J connectivity index is 2.92. The smallest absolute Gasteiger partial charge is 0.247 e. The van der Waals surface area contributed by atoms with Crippen molar-refractivity contribution in [3.05, 3.63) is 94.9 Å². The molecule has 0 fully saturated rings. The lowest BCUT2D eigenvalue weighted by Gasteiger charge is -2.08. The molecule has 0 heterocycles. The normalized spacial score (nSPS) is 13.2. The molecule has 1 rings (SSSR count). The Labute approximate surface area is 155 Å². The summed E-state index contributed by atoms with van der Waals surface area (Å²) in [7, 11) is 0. The summed E-state index contributed by atoms with van der Waals surface area (Å²) in [4.78, 5) is 12.2. The van der Waals surface area contributed by atoms with Crippen LogP contribution in [-0.4, -0.2) is 5.91 Å². The maximum Gasteiger partial charge on any atom is 0.247 e. The third-order valence-electron chi connectivity index (χ3n) is 3.87. The van der Waals surface area contributed by atoms with Crippen LogP contribution in [0.5, 0.6) is 0 Å². The Bertz CT molecular complexity index is 818. The Kier molecular flexibility index (Phi) is 8.60. The number of allylic oxidation sites excluding steroid dienone is 8. The lowest BCUT2D eigenvalue weighted by atomic mass is 10.00. The van der Waals surface area contributed by atoms with Crippen molar-refractivity contribution in [2.24, 2.45) is 0 Å². The van der Waals surface area contributed by atoms with Gasteiger partial charge in [-0.1, -0.05) is 61.1 Å². The Morgan fingerprint density at radius 3 is 2.46 bits per heavy atom. The van der Waals surface area contributed by atoms with Crippen molar-refractivity contribution >= 4 is 5.91 Å². The van der Waals surface area contributed by atoms with Crippen LogP contribution in [0.3, 0.4) is 0 Å². The molecule has 0 spiro atoms. The predicted molar refractivity (Wildman–Crippen MR) is 107 cm³/mol. The van der Waals surface area contributed by atoms with Crippen LogP contribution in [0.25, 0.3) is 0 Å². The van der Waals surface area contributed by atoms with Crippen molar-refractivity contribution < 1.29 is 9.18 Å². The maximum atomic E-state index is 13.8. The summed E-state index contributed by atoms with van der Waals surface area (Å²) in [5.41, 5.74) is 3.35. The van der Waals surface area contributed by atoms with E-state index in [9.17, 15) is 9.18 Å². The van der Waals surface area contributed by atoms with Gasteiger partial charge in [-0.25, -0.2) is 4.39 Å². The van der Waals surface area contributed by atoms with Crippen LogP contribution >= 0.6 is 0 Å². The molecule has 1 amide bonds. The largest absolute Gasteiger partial charge is 0.348 e. The summed E-state index contributed by atoms with van der Waals surface area (Å²) >= 11 is 0. The Morgan fingerprint density at radius 2 is 1.88 bits per heavy atom. The average Bonchev–Trinajstić information content (AvgIpc) is 2.64. The molecular weight excluding hydrogens is 325 g/mol. The van der Waals surface area contributed by atoms with E-state index in [2.05, 4.69) is 17.8 Å². The minimum Gasteiger partial charge on any atom is -0.348 e. The van der Waals surface area contributed by atoms with Gasteiger partial charge in [-0.3, -0.25) is 4.79 Å². The van der Waals surface area contributed by atoms with E-state index < -0.39 is 5.83 Å². The number of halogens is 1. The molecule has 0 atom stereocenters. The molecule has 0 aliphatic rings. The highest BCUT2D eigenvalue weighted by Gasteiger charge is 2.07. The summed E-state index contributed by atoms with van der Waals surface area (Å²) in [6, 6.07) is 9.62. The van der Waals surface area contributed by atoms with Crippen molar-refractivity contribution in [3.8, 4) is 12.3 Å². The molecule has 1 aromatic carbocycles. The fourth-order valence-electron chi connectivity index (χ4n) is 2.13. The number of benzene rings is 1. The zero-order valence-corrected chi connectivity index (χ0v) is 15.5. The molecule has 1 aromatic rings. The number of hydrogen-bond acceptors (Lipinski definition) is 1. The first kappa shape index (κ1) is 20.9. The van der Waals surface area contributed by atoms with Gasteiger partial charge in [-0.2, -0.15) is 0 Å². The monoisotopic (exact) mass is 349 g/mol. The van der Waals surface area contributed by atoms with Crippen molar-refractivity contribution in [2.75, 3.05) is 0 Å². The molecule has 134 valence electrons. The van der Waals surface area contributed by atoms with Crippen molar-refractivity contribution in [1.29, 1.82) is 0 Å². The number of nitrogens with one attached hydrogen (secondary N) is 1. The SMILES string of the molecule is C#C\C=C/C(C)=C(C)/C(=C/C=C(\C)C(=O)NCc1ccccc1)C(=C)F. The second kappa shape index (κ2) is 10.7. The average molecular weight is 349 g/mol. The second-order valence-corrected chi connectivity index (χ2v) is 5.81.